The van der Waals surface area contributed by atoms with Crippen LogP contribution in [-0.2, 0) is 20.7 Å². The highest BCUT2D eigenvalue weighted by molar-refractivity contribution is 7.10. The van der Waals surface area contributed by atoms with Crippen LogP contribution in [0.25, 0.3) is 0 Å². The van der Waals surface area contributed by atoms with Gasteiger partial charge in [0.2, 0.25) is 0 Å². The van der Waals surface area contributed by atoms with Crippen LogP contribution in [0.15, 0.2) is 11.4 Å². The molecule has 0 saturated carbocycles. The van der Waals surface area contributed by atoms with Gasteiger partial charge in [0.25, 0.3) is 0 Å². The minimum atomic E-state index is -0.663. The Kier molecular flexibility index (Phi) is 14.3. The number of esters is 1. The van der Waals surface area contributed by atoms with Crippen molar-refractivity contribution in [2.75, 3.05) is 6.61 Å². The number of carboxylic acid groups (broad SMARTS) is 1. The predicted octanol–water partition coefficient (Wildman–Crippen LogP) is 5.37. The van der Waals surface area contributed by atoms with Gasteiger partial charge in [0.15, 0.2) is 0 Å². The molecular weight excluding hydrogens is 324 g/mol. The first-order valence-electron chi connectivity index (χ1n) is 8.85. The number of ether oxygens (including phenoxy) is 1. The molecular formula is C19H32O4S. The van der Waals surface area contributed by atoms with Gasteiger partial charge in [0.1, 0.15) is 0 Å². The van der Waals surface area contributed by atoms with E-state index in [0.29, 0.717) is 13.0 Å². The Morgan fingerprint density at radius 3 is 2.25 bits per heavy atom. The molecule has 1 heterocycles. The van der Waals surface area contributed by atoms with Crippen molar-refractivity contribution in [1.29, 1.82) is 0 Å². The largest absolute Gasteiger partial charge is 0.481 e. The smallest absolute Gasteiger partial charge is 0.303 e. The summed E-state index contributed by atoms with van der Waals surface area (Å²) in [5, 5.41) is 10.4. The number of carbonyl (C=O) groups is 2. The minimum absolute atomic E-state index is 0.204. The topological polar surface area (TPSA) is 63.6 Å². The van der Waals surface area contributed by atoms with Crippen LogP contribution in [0.3, 0.4) is 0 Å². The van der Waals surface area contributed by atoms with E-state index in [2.05, 4.69) is 25.3 Å². The summed E-state index contributed by atoms with van der Waals surface area (Å²) in [7, 11) is 0. The highest BCUT2D eigenvalue weighted by Gasteiger charge is 2.00. The van der Waals surface area contributed by atoms with E-state index in [9.17, 15) is 9.59 Å². The number of thiophene rings is 1. The number of unbranched alkanes of at least 4 members (excludes halogenated alkanes) is 6. The molecule has 0 aromatic carbocycles. The van der Waals surface area contributed by atoms with Crippen molar-refractivity contribution < 1.29 is 19.4 Å². The molecule has 1 rings (SSSR count). The third kappa shape index (κ3) is 14.2. The normalized spacial score (nSPS) is 9.96. The molecule has 0 amide bonds. The number of carbonyl (C=O) groups excluding carboxylic acids is 1. The van der Waals surface area contributed by atoms with Gasteiger partial charge in [-0.3, -0.25) is 9.59 Å². The number of carboxylic acids is 1. The van der Waals surface area contributed by atoms with Gasteiger partial charge in [-0.25, -0.2) is 0 Å². The molecule has 0 aliphatic rings. The summed E-state index contributed by atoms with van der Waals surface area (Å²) >= 11 is 1.71. The van der Waals surface area contributed by atoms with Crippen molar-refractivity contribution in [3.05, 3.63) is 21.9 Å². The van der Waals surface area contributed by atoms with E-state index >= 15 is 0 Å². The fraction of sp³-hybridized carbons (Fsp3) is 0.684. The number of hydrogen-bond donors (Lipinski definition) is 1. The number of aliphatic carboxylic acids is 1. The molecule has 1 aromatic rings. The second-order valence-electron chi connectivity index (χ2n) is 5.88. The maximum atomic E-state index is 10.4. The maximum absolute atomic E-state index is 10.4. The van der Waals surface area contributed by atoms with Crippen LogP contribution < -0.4 is 0 Å². The van der Waals surface area contributed by atoms with Gasteiger partial charge < -0.3 is 9.84 Å². The molecule has 0 bridgehead atoms. The molecule has 0 aliphatic heterocycles. The first kappa shape index (κ1) is 22.6. The molecule has 5 heteroatoms. The van der Waals surface area contributed by atoms with Crippen molar-refractivity contribution in [2.45, 2.75) is 78.6 Å². The van der Waals surface area contributed by atoms with Crippen LogP contribution >= 0.6 is 11.3 Å². The first-order valence-corrected chi connectivity index (χ1v) is 9.73. The van der Waals surface area contributed by atoms with Crippen LogP contribution in [0.1, 0.15) is 75.7 Å². The highest BCUT2D eigenvalue weighted by Crippen LogP contribution is 2.15. The van der Waals surface area contributed by atoms with Gasteiger partial charge in [-0.05, 0) is 30.4 Å². The lowest BCUT2D eigenvalue weighted by Crippen LogP contribution is -2.02. The Balaban J connectivity index is 0.000000441. The Labute approximate surface area is 150 Å². The maximum Gasteiger partial charge on any atom is 0.303 e. The van der Waals surface area contributed by atoms with Crippen molar-refractivity contribution >= 4 is 23.3 Å². The molecule has 1 aromatic heterocycles. The molecule has 0 fully saturated rings. The molecule has 1 N–H and O–H groups in total. The van der Waals surface area contributed by atoms with Gasteiger partial charge in [-0.1, -0.05) is 45.4 Å². The van der Waals surface area contributed by atoms with E-state index in [1.54, 1.807) is 11.3 Å². The van der Waals surface area contributed by atoms with Crippen molar-refractivity contribution in [2.24, 2.45) is 0 Å². The van der Waals surface area contributed by atoms with Gasteiger partial charge in [-0.2, -0.15) is 0 Å². The van der Waals surface area contributed by atoms with Crippen molar-refractivity contribution in [1.82, 2.24) is 0 Å². The average Bonchev–Trinajstić information content (AvgIpc) is 2.92. The molecule has 0 atom stereocenters. The summed E-state index contributed by atoms with van der Waals surface area (Å²) in [6.07, 6.45) is 9.48. The highest BCUT2D eigenvalue weighted by atomic mass is 32.1. The zero-order chi connectivity index (χ0) is 18.2. The monoisotopic (exact) mass is 356 g/mol. The standard InChI is InChI=1S/C10H20O2.C9H12O2S/c1-2-3-4-5-6-7-8-9-10(11)12;1-7-4-6-12-9(7)3-5-11-8(2)10/h2-9H2,1H3,(H,11,12);4,6H,3,5H2,1-2H3. The number of rotatable bonds is 11. The third-order valence-corrected chi connectivity index (χ3v) is 4.68. The van der Waals surface area contributed by atoms with Gasteiger partial charge in [0, 0.05) is 24.6 Å². The molecule has 0 unspecified atom stereocenters. The lowest BCUT2D eigenvalue weighted by molar-refractivity contribution is -0.141. The molecule has 4 nitrogen and oxygen atoms in total. The van der Waals surface area contributed by atoms with Crippen LogP contribution in [-0.4, -0.2) is 23.7 Å². The quantitative estimate of drug-likeness (QED) is 0.427. The van der Waals surface area contributed by atoms with E-state index in [-0.39, 0.29) is 5.97 Å². The SMILES string of the molecule is CC(=O)OCCc1sccc1C.CCCCCCCCCC(=O)O. The lowest BCUT2D eigenvalue weighted by Gasteiger charge is -2.00. The zero-order valence-corrected chi connectivity index (χ0v) is 16.1. The molecule has 0 aliphatic carbocycles. The fourth-order valence-electron chi connectivity index (χ4n) is 2.18. The van der Waals surface area contributed by atoms with E-state index in [0.717, 1.165) is 19.3 Å². The van der Waals surface area contributed by atoms with Crippen LogP contribution in [0.2, 0.25) is 0 Å². The van der Waals surface area contributed by atoms with Gasteiger partial charge in [0.05, 0.1) is 6.61 Å². The molecule has 0 saturated heterocycles. The van der Waals surface area contributed by atoms with E-state index in [1.807, 2.05) is 0 Å². The Morgan fingerprint density at radius 1 is 1.12 bits per heavy atom. The van der Waals surface area contributed by atoms with Gasteiger partial charge in [-0.15, -0.1) is 11.3 Å². The fourth-order valence-corrected chi connectivity index (χ4v) is 3.07. The van der Waals surface area contributed by atoms with Crippen molar-refractivity contribution in [3.63, 3.8) is 0 Å². The Hall–Kier alpha value is -1.36. The predicted molar refractivity (Wildman–Crippen MR) is 99.6 cm³/mol. The summed E-state index contributed by atoms with van der Waals surface area (Å²) in [4.78, 5) is 21.9. The zero-order valence-electron chi connectivity index (χ0n) is 15.3. The summed E-state index contributed by atoms with van der Waals surface area (Å²) in [5.74, 6) is -0.868. The summed E-state index contributed by atoms with van der Waals surface area (Å²) in [6.45, 7) is 6.20. The Morgan fingerprint density at radius 2 is 1.75 bits per heavy atom. The first-order chi connectivity index (χ1) is 11.5. The van der Waals surface area contributed by atoms with Crippen LogP contribution in [0, 0.1) is 6.92 Å². The second kappa shape index (κ2) is 15.2. The lowest BCUT2D eigenvalue weighted by atomic mass is 10.1. The van der Waals surface area contributed by atoms with Crippen molar-refractivity contribution in [3.8, 4) is 0 Å². The number of hydrogen-bond acceptors (Lipinski definition) is 4. The molecule has 24 heavy (non-hydrogen) atoms. The van der Waals surface area contributed by atoms with Crippen LogP contribution in [0.4, 0.5) is 0 Å². The summed E-state index contributed by atoms with van der Waals surface area (Å²) in [5.41, 5.74) is 1.28. The summed E-state index contributed by atoms with van der Waals surface area (Å²) in [6, 6.07) is 2.08. The number of aryl methyl sites for hydroxylation is 1. The van der Waals surface area contributed by atoms with E-state index in [4.69, 9.17) is 9.84 Å². The van der Waals surface area contributed by atoms with Gasteiger partial charge >= 0.3 is 11.9 Å². The third-order valence-electron chi connectivity index (χ3n) is 3.60. The van der Waals surface area contributed by atoms with E-state index < -0.39 is 5.97 Å². The van der Waals surface area contributed by atoms with E-state index in [1.165, 1.54) is 49.5 Å². The minimum Gasteiger partial charge on any atom is -0.481 e. The molecule has 0 radical (unpaired) electrons. The Bertz CT molecular complexity index is 454. The molecule has 0 spiro atoms. The van der Waals surface area contributed by atoms with Crippen LogP contribution in [0.5, 0.6) is 0 Å². The second-order valence-corrected chi connectivity index (χ2v) is 6.88. The average molecular weight is 357 g/mol. The molecule has 138 valence electrons. The summed E-state index contributed by atoms with van der Waals surface area (Å²) < 4.78 is 4.84.